The molecule has 1 amide bonds. The lowest BCUT2D eigenvalue weighted by atomic mass is 10.1. The lowest BCUT2D eigenvalue weighted by Crippen LogP contribution is -2.47. The second kappa shape index (κ2) is 8.22. The first kappa shape index (κ1) is 18.9. The Kier molecular flexibility index (Phi) is 6.21. The Morgan fingerprint density at radius 1 is 1.28 bits per heavy atom. The number of sulfone groups is 1. The highest BCUT2D eigenvalue weighted by atomic mass is 32.2. The zero-order valence-electron chi connectivity index (χ0n) is 14.3. The number of amides is 1. The molecule has 2 heterocycles. The van der Waals surface area contributed by atoms with Crippen LogP contribution < -0.4 is 5.32 Å². The summed E-state index contributed by atoms with van der Waals surface area (Å²) < 4.78 is 24.5. The molecule has 10 heteroatoms. The molecule has 2 fully saturated rings. The molecule has 2 aliphatic rings. The van der Waals surface area contributed by atoms with E-state index < -0.39 is 9.84 Å². The van der Waals surface area contributed by atoms with E-state index in [9.17, 15) is 13.2 Å². The van der Waals surface area contributed by atoms with Crippen molar-refractivity contribution in [2.45, 2.75) is 55.5 Å². The van der Waals surface area contributed by atoms with Crippen molar-refractivity contribution in [2.75, 3.05) is 29.1 Å². The average molecular weight is 405 g/mol. The van der Waals surface area contributed by atoms with Gasteiger partial charge in [0.15, 0.2) is 14.2 Å². The fraction of sp³-hybridized carbons (Fsp3) is 0.800. The Balaban J connectivity index is 1.64. The van der Waals surface area contributed by atoms with E-state index in [-0.39, 0.29) is 35.2 Å². The van der Waals surface area contributed by atoms with E-state index >= 15 is 0 Å². The number of hydrogen-bond donors (Lipinski definition) is 1. The molecule has 1 saturated heterocycles. The quantitative estimate of drug-likeness (QED) is 0.695. The van der Waals surface area contributed by atoms with Gasteiger partial charge in [-0.05, 0) is 26.2 Å². The average Bonchev–Trinajstić information content (AvgIpc) is 3.28. The number of rotatable bonds is 7. The van der Waals surface area contributed by atoms with Gasteiger partial charge in [0, 0.05) is 18.6 Å². The molecule has 1 atom stereocenters. The van der Waals surface area contributed by atoms with Crippen LogP contribution in [0.25, 0.3) is 0 Å². The summed E-state index contributed by atoms with van der Waals surface area (Å²) in [7, 11) is -3.00. The van der Waals surface area contributed by atoms with E-state index in [0.29, 0.717) is 6.42 Å². The minimum atomic E-state index is -3.00. The number of carbonyl (C=O) groups excluding carboxylic acids is 1. The largest absolute Gasteiger partial charge is 0.360 e. The van der Waals surface area contributed by atoms with Gasteiger partial charge in [-0.2, -0.15) is 0 Å². The van der Waals surface area contributed by atoms with Gasteiger partial charge < -0.3 is 10.2 Å². The van der Waals surface area contributed by atoms with Gasteiger partial charge in [-0.3, -0.25) is 4.79 Å². The Bertz CT molecular complexity index is 701. The molecule has 1 N–H and O–H groups in total. The number of hydrogen-bond acceptors (Lipinski definition) is 8. The molecule has 1 aromatic rings. The van der Waals surface area contributed by atoms with Crippen LogP contribution in [0.15, 0.2) is 4.34 Å². The second-order valence-electron chi connectivity index (χ2n) is 6.49. The molecule has 0 radical (unpaired) electrons. The van der Waals surface area contributed by atoms with Gasteiger partial charge in [0.2, 0.25) is 11.0 Å². The van der Waals surface area contributed by atoms with Crippen molar-refractivity contribution in [3.05, 3.63) is 0 Å². The molecule has 0 unspecified atom stereocenters. The van der Waals surface area contributed by atoms with Crippen molar-refractivity contribution in [1.82, 2.24) is 15.1 Å². The smallest absolute Gasteiger partial charge is 0.233 e. The number of aromatic nitrogens is 2. The van der Waals surface area contributed by atoms with Gasteiger partial charge in [-0.1, -0.05) is 35.9 Å². The van der Waals surface area contributed by atoms with E-state index in [2.05, 4.69) is 15.5 Å². The normalized spacial score (nSPS) is 23.0. The van der Waals surface area contributed by atoms with Crippen LogP contribution in [0, 0.1) is 0 Å². The standard InChI is InChI=1S/C15H24N4O3S3/c1-2-16-14-17-18-15(24-14)23-9-13(20)19(11-5-3-4-6-11)12-7-8-25(21,22)10-12/h11-12H,2-10H2,1H3,(H,16,17)/t12-/m0/s1. The van der Waals surface area contributed by atoms with Crippen molar-refractivity contribution < 1.29 is 13.2 Å². The Morgan fingerprint density at radius 3 is 2.68 bits per heavy atom. The molecule has 1 aliphatic carbocycles. The molecule has 1 saturated carbocycles. The molecule has 0 bridgehead atoms. The molecule has 25 heavy (non-hydrogen) atoms. The first-order valence-electron chi connectivity index (χ1n) is 8.70. The van der Waals surface area contributed by atoms with Gasteiger partial charge in [0.25, 0.3) is 0 Å². The highest BCUT2D eigenvalue weighted by Gasteiger charge is 2.38. The maximum absolute atomic E-state index is 12.9. The SMILES string of the molecule is CCNc1nnc(SCC(=O)N(C2CCCC2)[C@H]2CCS(=O)(=O)C2)s1. The molecule has 0 aromatic carbocycles. The Morgan fingerprint density at radius 2 is 2.04 bits per heavy atom. The van der Waals surface area contributed by atoms with Crippen molar-refractivity contribution in [3.63, 3.8) is 0 Å². The highest BCUT2D eigenvalue weighted by Crippen LogP contribution is 2.31. The molecule has 0 spiro atoms. The van der Waals surface area contributed by atoms with Crippen LogP contribution in [0.3, 0.4) is 0 Å². The molecule has 1 aliphatic heterocycles. The summed E-state index contributed by atoms with van der Waals surface area (Å²) >= 11 is 2.82. The molecule has 3 rings (SSSR count). The lowest BCUT2D eigenvalue weighted by Gasteiger charge is -2.34. The van der Waals surface area contributed by atoms with E-state index in [1.807, 2.05) is 11.8 Å². The number of nitrogens with one attached hydrogen (secondary N) is 1. The van der Waals surface area contributed by atoms with Gasteiger partial charge in [-0.25, -0.2) is 8.42 Å². The van der Waals surface area contributed by atoms with E-state index in [4.69, 9.17) is 0 Å². The summed E-state index contributed by atoms with van der Waals surface area (Å²) in [5, 5.41) is 12.0. The zero-order chi connectivity index (χ0) is 17.9. The van der Waals surface area contributed by atoms with Crippen LogP contribution in [0.2, 0.25) is 0 Å². The Labute approximate surface area is 156 Å². The van der Waals surface area contributed by atoms with Crippen LogP contribution in [0.1, 0.15) is 39.0 Å². The molecular weight excluding hydrogens is 380 g/mol. The number of nitrogens with zero attached hydrogens (tertiary/aromatic N) is 3. The summed E-state index contributed by atoms with van der Waals surface area (Å²) in [6.45, 7) is 2.77. The minimum absolute atomic E-state index is 0.0270. The van der Waals surface area contributed by atoms with E-state index in [0.717, 1.165) is 41.7 Å². The Hall–Kier alpha value is -0.870. The van der Waals surface area contributed by atoms with Gasteiger partial charge >= 0.3 is 0 Å². The summed E-state index contributed by atoms with van der Waals surface area (Å²) in [6.07, 6.45) is 4.76. The molecule has 1 aromatic heterocycles. The predicted molar refractivity (Wildman–Crippen MR) is 101 cm³/mol. The van der Waals surface area contributed by atoms with Crippen molar-refractivity contribution >= 4 is 44.0 Å². The van der Waals surface area contributed by atoms with Crippen LogP contribution in [0.4, 0.5) is 5.13 Å². The van der Waals surface area contributed by atoms with Gasteiger partial charge in [-0.15, -0.1) is 10.2 Å². The minimum Gasteiger partial charge on any atom is -0.360 e. The number of thioether (sulfide) groups is 1. The summed E-state index contributed by atoms with van der Waals surface area (Å²) in [5.74, 6) is 0.625. The molecule has 140 valence electrons. The first-order valence-corrected chi connectivity index (χ1v) is 12.3. The lowest BCUT2D eigenvalue weighted by molar-refractivity contribution is -0.132. The maximum atomic E-state index is 12.9. The van der Waals surface area contributed by atoms with Crippen molar-refractivity contribution in [2.24, 2.45) is 0 Å². The van der Waals surface area contributed by atoms with E-state index in [1.165, 1.54) is 23.1 Å². The second-order valence-corrected chi connectivity index (χ2v) is 10.9. The van der Waals surface area contributed by atoms with Gasteiger partial charge in [0.1, 0.15) is 0 Å². The molecular formula is C15H24N4O3S3. The third-order valence-electron chi connectivity index (χ3n) is 4.66. The van der Waals surface area contributed by atoms with Crippen LogP contribution >= 0.6 is 23.1 Å². The zero-order valence-corrected chi connectivity index (χ0v) is 16.8. The topological polar surface area (TPSA) is 92.3 Å². The fourth-order valence-corrected chi connectivity index (χ4v) is 6.97. The van der Waals surface area contributed by atoms with Gasteiger partial charge in [0.05, 0.1) is 17.3 Å². The number of carbonyl (C=O) groups is 1. The van der Waals surface area contributed by atoms with Crippen LogP contribution in [0.5, 0.6) is 0 Å². The third-order valence-corrected chi connectivity index (χ3v) is 8.41. The summed E-state index contributed by atoms with van der Waals surface area (Å²) in [4.78, 5) is 14.8. The summed E-state index contributed by atoms with van der Waals surface area (Å²) in [5.41, 5.74) is 0. The number of anilines is 1. The maximum Gasteiger partial charge on any atom is 0.233 e. The summed E-state index contributed by atoms with van der Waals surface area (Å²) in [6, 6.07) is 0.0334. The molecule has 7 nitrogen and oxygen atoms in total. The third kappa shape index (κ3) is 4.85. The monoisotopic (exact) mass is 404 g/mol. The van der Waals surface area contributed by atoms with Crippen LogP contribution in [-0.2, 0) is 14.6 Å². The van der Waals surface area contributed by atoms with E-state index in [1.54, 1.807) is 0 Å². The van der Waals surface area contributed by atoms with Crippen molar-refractivity contribution in [3.8, 4) is 0 Å². The van der Waals surface area contributed by atoms with Crippen molar-refractivity contribution in [1.29, 1.82) is 0 Å². The fourth-order valence-electron chi connectivity index (χ4n) is 3.57. The highest BCUT2D eigenvalue weighted by molar-refractivity contribution is 8.01. The predicted octanol–water partition coefficient (Wildman–Crippen LogP) is 2.02. The van der Waals surface area contributed by atoms with Crippen LogP contribution in [-0.4, -0.2) is 65.3 Å². The first-order chi connectivity index (χ1) is 12.0.